The average Bonchev–Trinajstić information content (AvgIpc) is 3.41. The van der Waals surface area contributed by atoms with Crippen LogP contribution in [0.4, 0.5) is 5.82 Å². The molecule has 0 radical (unpaired) electrons. The highest BCUT2D eigenvalue weighted by Crippen LogP contribution is 2.31. The van der Waals surface area contributed by atoms with E-state index >= 15 is 0 Å². The summed E-state index contributed by atoms with van der Waals surface area (Å²) in [6.07, 6.45) is 11.6. The van der Waals surface area contributed by atoms with Crippen LogP contribution in [0, 0.1) is 0 Å². The Kier molecular flexibility index (Phi) is 4.36. The number of nitrogens with zero attached hydrogens (tertiary/aromatic N) is 7. The summed E-state index contributed by atoms with van der Waals surface area (Å²) < 4.78 is 15.6. The van der Waals surface area contributed by atoms with Crippen LogP contribution in [0.25, 0.3) is 5.65 Å². The van der Waals surface area contributed by atoms with Crippen LogP contribution in [-0.2, 0) is 4.74 Å². The molecule has 0 bridgehead atoms. The van der Waals surface area contributed by atoms with Crippen molar-refractivity contribution in [2.24, 2.45) is 0 Å². The standard InChI is InChI=1S/C18H23N7O2/c1-3-15(4-2-14(1)24-6-5-19-13-24)27-18-22-17(23-7-9-26-10-8-23)11-16-20-12-21-25(16)18/h5-6,11-15H,1-4,7-10H2/t14-,15+. The molecular formula is C18H23N7O2. The Labute approximate surface area is 156 Å². The quantitative estimate of drug-likeness (QED) is 0.692. The number of hydrogen-bond acceptors (Lipinski definition) is 7. The zero-order valence-corrected chi connectivity index (χ0v) is 15.1. The van der Waals surface area contributed by atoms with Crippen LogP contribution in [0.5, 0.6) is 6.01 Å². The maximum Gasteiger partial charge on any atom is 0.321 e. The molecule has 5 rings (SSSR count). The Morgan fingerprint density at radius 1 is 1.11 bits per heavy atom. The third-order valence-electron chi connectivity index (χ3n) is 5.42. The van der Waals surface area contributed by atoms with Crippen molar-refractivity contribution in [3.8, 4) is 6.01 Å². The summed E-state index contributed by atoms with van der Waals surface area (Å²) in [4.78, 5) is 15.5. The molecule has 2 fully saturated rings. The Balaban J connectivity index is 1.33. The molecule has 1 saturated heterocycles. The first kappa shape index (κ1) is 16.5. The maximum atomic E-state index is 6.29. The lowest BCUT2D eigenvalue weighted by atomic mass is 9.93. The largest absolute Gasteiger partial charge is 0.460 e. The summed E-state index contributed by atoms with van der Waals surface area (Å²) in [6.45, 7) is 3.08. The normalized spacial score (nSPS) is 23.6. The fourth-order valence-corrected chi connectivity index (χ4v) is 3.92. The highest BCUT2D eigenvalue weighted by Gasteiger charge is 2.25. The van der Waals surface area contributed by atoms with Crippen molar-refractivity contribution in [1.29, 1.82) is 0 Å². The third-order valence-corrected chi connectivity index (χ3v) is 5.42. The highest BCUT2D eigenvalue weighted by molar-refractivity contribution is 5.52. The minimum absolute atomic E-state index is 0.143. The molecule has 1 saturated carbocycles. The SMILES string of the molecule is c1cn([C@H]2CC[C@@H](Oc3nc(N4CCOCC4)cc4ncnn34)CC2)cn1. The molecule has 27 heavy (non-hydrogen) atoms. The molecule has 0 N–H and O–H groups in total. The van der Waals surface area contributed by atoms with Gasteiger partial charge in [0.1, 0.15) is 18.2 Å². The van der Waals surface area contributed by atoms with Gasteiger partial charge in [0.05, 0.1) is 19.5 Å². The first-order chi connectivity index (χ1) is 13.4. The minimum Gasteiger partial charge on any atom is -0.460 e. The van der Waals surface area contributed by atoms with E-state index in [1.165, 1.54) is 0 Å². The fraction of sp³-hybridized carbons (Fsp3) is 0.556. The number of ether oxygens (including phenoxy) is 2. The van der Waals surface area contributed by atoms with Crippen molar-refractivity contribution in [3.05, 3.63) is 31.1 Å². The Morgan fingerprint density at radius 3 is 2.74 bits per heavy atom. The molecular weight excluding hydrogens is 346 g/mol. The Hall–Kier alpha value is -2.68. The minimum atomic E-state index is 0.143. The first-order valence-electron chi connectivity index (χ1n) is 9.54. The van der Waals surface area contributed by atoms with E-state index in [9.17, 15) is 0 Å². The van der Waals surface area contributed by atoms with E-state index in [0.29, 0.717) is 25.3 Å². The van der Waals surface area contributed by atoms with Crippen molar-refractivity contribution < 1.29 is 9.47 Å². The number of fused-ring (bicyclic) bond motifs is 1. The summed E-state index contributed by atoms with van der Waals surface area (Å²) in [5.74, 6) is 0.876. The van der Waals surface area contributed by atoms with E-state index in [-0.39, 0.29) is 6.10 Å². The van der Waals surface area contributed by atoms with Gasteiger partial charge >= 0.3 is 6.01 Å². The molecule has 0 atom stereocenters. The number of rotatable bonds is 4. The average molecular weight is 369 g/mol. The van der Waals surface area contributed by atoms with E-state index in [4.69, 9.17) is 14.5 Å². The zero-order chi connectivity index (χ0) is 18.1. The van der Waals surface area contributed by atoms with Crippen molar-refractivity contribution in [1.82, 2.24) is 29.1 Å². The lowest BCUT2D eigenvalue weighted by molar-refractivity contribution is 0.116. The topological polar surface area (TPSA) is 82.6 Å². The number of morpholine rings is 1. The van der Waals surface area contributed by atoms with Gasteiger partial charge in [0.25, 0.3) is 0 Å². The van der Waals surface area contributed by atoms with Crippen molar-refractivity contribution >= 4 is 11.5 Å². The van der Waals surface area contributed by atoms with Crippen LogP contribution in [-0.4, -0.2) is 61.5 Å². The number of anilines is 1. The highest BCUT2D eigenvalue weighted by atomic mass is 16.5. The second kappa shape index (κ2) is 7.15. The first-order valence-corrected chi connectivity index (χ1v) is 9.54. The molecule has 1 aliphatic heterocycles. The zero-order valence-electron chi connectivity index (χ0n) is 15.1. The molecule has 1 aliphatic carbocycles. The van der Waals surface area contributed by atoms with Crippen molar-refractivity contribution in [2.45, 2.75) is 37.8 Å². The van der Waals surface area contributed by atoms with E-state index in [0.717, 1.165) is 50.2 Å². The second-order valence-electron chi connectivity index (χ2n) is 7.08. The smallest absolute Gasteiger partial charge is 0.321 e. The summed E-state index contributed by atoms with van der Waals surface area (Å²) >= 11 is 0. The lowest BCUT2D eigenvalue weighted by Gasteiger charge is -2.30. The molecule has 9 nitrogen and oxygen atoms in total. The molecule has 0 spiro atoms. The second-order valence-corrected chi connectivity index (χ2v) is 7.08. The van der Waals surface area contributed by atoms with Gasteiger partial charge in [0.2, 0.25) is 0 Å². The summed E-state index contributed by atoms with van der Waals surface area (Å²) in [7, 11) is 0. The molecule has 4 heterocycles. The van der Waals surface area contributed by atoms with Gasteiger partial charge in [0.15, 0.2) is 5.65 Å². The van der Waals surface area contributed by atoms with Crippen LogP contribution in [0.3, 0.4) is 0 Å². The maximum absolute atomic E-state index is 6.29. The summed E-state index contributed by atoms with van der Waals surface area (Å²) in [5.41, 5.74) is 0.758. The van der Waals surface area contributed by atoms with Gasteiger partial charge in [0, 0.05) is 37.6 Å². The molecule has 9 heteroatoms. The van der Waals surface area contributed by atoms with E-state index in [1.54, 1.807) is 10.8 Å². The van der Waals surface area contributed by atoms with Crippen LogP contribution in [0.2, 0.25) is 0 Å². The van der Waals surface area contributed by atoms with Gasteiger partial charge in [-0.2, -0.15) is 14.6 Å². The van der Waals surface area contributed by atoms with Crippen LogP contribution in [0.15, 0.2) is 31.1 Å². The monoisotopic (exact) mass is 369 g/mol. The Bertz CT molecular complexity index is 880. The van der Waals surface area contributed by atoms with Crippen molar-refractivity contribution in [2.75, 3.05) is 31.2 Å². The van der Waals surface area contributed by atoms with Crippen LogP contribution < -0.4 is 9.64 Å². The van der Waals surface area contributed by atoms with E-state index < -0.39 is 0 Å². The molecule has 2 aliphatic rings. The third kappa shape index (κ3) is 3.34. The van der Waals surface area contributed by atoms with Gasteiger partial charge in [-0.25, -0.2) is 9.97 Å². The number of aromatic nitrogens is 6. The molecule has 0 unspecified atom stereocenters. The lowest BCUT2D eigenvalue weighted by Crippen LogP contribution is -2.37. The van der Waals surface area contributed by atoms with Crippen LogP contribution >= 0.6 is 0 Å². The fourth-order valence-electron chi connectivity index (χ4n) is 3.92. The molecule has 0 aromatic carbocycles. The van der Waals surface area contributed by atoms with Gasteiger partial charge in [-0.15, -0.1) is 0 Å². The molecule has 3 aromatic heterocycles. The van der Waals surface area contributed by atoms with Gasteiger partial charge < -0.3 is 18.9 Å². The molecule has 0 amide bonds. The van der Waals surface area contributed by atoms with E-state index in [1.807, 2.05) is 24.8 Å². The number of imidazole rings is 1. The van der Waals surface area contributed by atoms with Crippen LogP contribution in [0.1, 0.15) is 31.7 Å². The van der Waals surface area contributed by atoms with Gasteiger partial charge in [-0.05, 0) is 25.7 Å². The van der Waals surface area contributed by atoms with E-state index in [2.05, 4.69) is 24.5 Å². The van der Waals surface area contributed by atoms with Crippen molar-refractivity contribution in [3.63, 3.8) is 0 Å². The predicted molar refractivity (Wildman–Crippen MR) is 98.0 cm³/mol. The summed E-state index contributed by atoms with van der Waals surface area (Å²) in [6, 6.07) is 2.99. The number of hydrogen-bond donors (Lipinski definition) is 0. The Morgan fingerprint density at radius 2 is 1.96 bits per heavy atom. The molecule has 142 valence electrons. The summed E-state index contributed by atoms with van der Waals surface area (Å²) in [5, 5.41) is 4.29. The predicted octanol–water partition coefficient (Wildman–Crippen LogP) is 1.72. The van der Waals surface area contributed by atoms with Gasteiger partial charge in [-0.3, -0.25) is 0 Å². The molecule has 3 aromatic rings. The van der Waals surface area contributed by atoms with Gasteiger partial charge in [-0.1, -0.05) is 0 Å².